The highest BCUT2D eigenvalue weighted by Gasteiger charge is 2.41. The predicted molar refractivity (Wildman–Crippen MR) is 70.0 cm³/mol. The van der Waals surface area contributed by atoms with Crippen LogP contribution in [0, 0.1) is 17.1 Å². The highest BCUT2D eigenvalue weighted by atomic mass is 19.1. The standard InChI is InChI=1S/C14H16FN3O/c1-14(2)9-17-13(19)12(6-7-16)18(14)11-5-3-4-10(15)8-11/h3-5,8,12H,6,9H2,1-2H3,(H,17,19). The smallest absolute Gasteiger partial charge is 0.243 e. The molecular weight excluding hydrogens is 245 g/mol. The molecule has 1 aliphatic rings. The Balaban J connectivity index is 2.46. The molecule has 1 N–H and O–H groups in total. The Morgan fingerprint density at radius 3 is 2.95 bits per heavy atom. The monoisotopic (exact) mass is 261 g/mol. The number of amides is 1. The molecule has 1 aromatic carbocycles. The van der Waals surface area contributed by atoms with Crippen molar-refractivity contribution >= 4 is 11.6 Å². The average Bonchev–Trinajstić information content (AvgIpc) is 2.34. The summed E-state index contributed by atoms with van der Waals surface area (Å²) in [5.74, 6) is -0.542. The van der Waals surface area contributed by atoms with Crippen LogP contribution in [0.1, 0.15) is 20.3 Å². The number of nitriles is 1. The Bertz CT molecular complexity index is 536. The number of carbonyl (C=O) groups excluding carboxylic acids is 1. The van der Waals surface area contributed by atoms with Gasteiger partial charge in [0.15, 0.2) is 0 Å². The van der Waals surface area contributed by atoms with Gasteiger partial charge in [0.1, 0.15) is 11.9 Å². The Morgan fingerprint density at radius 2 is 2.32 bits per heavy atom. The third-order valence-electron chi connectivity index (χ3n) is 3.33. The minimum atomic E-state index is -0.587. The largest absolute Gasteiger partial charge is 0.352 e. The molecule has 1 saturated heterocycles. The number of nitrogens with one attached hydrogen (secondary N) is 1. The number of anilines is 1. The quantitative estimate of drug-likeness (QED) is 0.883. The van der Waals surface area contributed by atoms with Crippen LogP contribution in [0.15, 0.2) is 24.3 Å². The normalized spacial score (nSPS) is 21.7. The second-order valence-corrected chi connectivity index (χ2v) is 5.26. The van der Waals surface area contributed by atoms with Crippen molar-refractivity contribution in [3.05, 3.63) is 30.1 Å². The third-order valence-corrected chi connectivity index (χ3v) is 3.33. The minimum absolute atomic E-state index is 0.0752. The average molecular weight is 261 g/mol. The second-order valence-electron chi connectivity index (χ2n) is 5.26. The first kappa shape index (κ1) is 13.3. The lowest BCUT2D eigenvalue weighted by Gasteiger charge is -2.48. The molecule has 4 nitrogen and oxygen atoms in total. The highest BCUT2D eigenvalue weighted by Crippen LogP contribution is 2.30. The van der Waals surface area contributed by atoms with E-state index in [1.807, 2.05) is 24.8 Å². The maximum Gasteiger partial charge on any atom is 0.243 e. The second kappa shape index (κ2) is 4.88. The zero-order chi connectivity index (χ0) is 14.0. The van der Waals surface area contributed by atoms with Crippen molar-refractivity contribution in [2.75, 3.05) is 11.4 Å². The maximum absolute atomic E-state index is 13.4. The third kappa shape index (κ3) is 2.53. The van der Waals surface area contributed by atoms with E-state index < -0.39 is 6.04 Å². The number of hydrogen-bond acceptors (Lipinski definition) is 3. The van der Waals surface area contributed by atoms with E-state index in [0.717, 1.165) is 0 Å². The molecule has 5 heteroatoms. The van der Waals surface area contributed by atoms with Crippen molar-refractivity contribution in [1.29, 1.82) is 5.26 Å². The van der Waals surface area contributed by atoms with Crippen LogP contribution < -0.4 is 10.2 Å². The molecule has 0 spiro atoms. The molecule has 1 aliphatic heterocycles. The zero-order valence-electron chi connectivity index (χ0n) is 11.0. The summed E-state index contributed by atoms with van der Waals surface area (Å²) in [5.41, 5.74) is 0.253. The number of piperazine rings is 1. The van der Waals surface area contributed by atoms with Crippen molar-refractivity contribution < 1.29 is 9.18 Å². The fourth-order valence-electron chi connectivity index (χ4n) is 2.47. The summed E-state index contributed by atoms with van der Waals surface area (Å²) in [6, 6.07) is 7.56. The van der Waals surface area contributed by atoms with Gasteiger partial charge in [-0.2, -0.15) is 5.26 Å². The summed E-state index contributed by atoms with van der Waals surface area (Å²) in [4.78, 5) is 13.8. The zero-order valence-corrected chi connectivity index (χ0v) is 11.0. The lowest BCUT2D eigenvalue weighted by atomic mass is 9.93. The van der Waals surface area contributed by atoms with Crippen molar-refractivity contribution in [3.63, 3.8) is 0 Å². The molecule has 0 saturated carbocycles. The first-order valence-electron chi connectivity index (χ1n) is 6.15. The molecule has 1 aromatic rings. The van der Waals surface area contributed by atoms with Crippen molar-refractivity contribution in [3.8, 4) is 6.07 Å². The number of halogens is 1. The molecule has 0 radical (unpaired) electrons. The summed E-state index contributed by atoms with van der Waals surface area (Å²) in [7, 11) is 0. The molecule has 1 heterocycles. The molecule has 0 aromatic heterocycles. The Kier molecular flexibility index (Phi) is 3.43. The molecule has 19 heavy (non-hydrogen) atoms. The SMILES string of the molecule is CC1(C)CNC(=O)C(CC#N)N1c1cccc(F)c1. The van der Waals surface area contributed by atoms with Crippen LogP contribution >= 0.6 is 0 Å². The fourth-order valence-corrected chi connectivity index (χ4v) is 2.47. The molecule has 1 unspecified atom stereocenters. The highest BCUT2D eigenvalue weighted by molar-refractivity contribution is 5.87. The Hall–Kier alpha value is -2.09. The van der Waals surface area contributed by atoms with Gasteiger partial charge >= 0.3 is 0 Å². The van der Waals surface area contributed by atoms with Gasteiger partial charge in [-0.25, -0.2) is 4.39 Å². The van der Waals surface area contributed by atoms with Crippen molar-refractivity contribution in [2.45, 2.75) is 31.8 Å². The number of nitrogens with zero attached hydrogens (tertiary/aromatic N) is 2. The van der Waals surface area contributed by atoms with Gasteiger partial charge < -0.3 is 10.2 Å². The van der Waals surface area contributed by atoms with Gasteiger partial charge in [-0.1, -0.05) is 6.07 Å². The molecular formula is C14H16FN3O. The summed E-state index contributed by atoms with van der Waals surface area (Å²) in [6.07, 6.45) is 0.0752. The number of rotatable bonds is 2. The molecule has 1 atom stereocenters. The molecule has 100 valence electrons. The van der Waals surface area contributed by atoms with Gasteiger partial charge in [-0.3, -0.25) is 4.79 Å². The number of carbonyl (C=O) groups is 1. The summed E-state index contributed by atoms with van der Waals surface area (Å²) >= 11 is 0. The van der Waals surface area contributed by atoms with E-state index in [4.69, 9.17) is 5.26 Å². The van der Waals surface area contributed by atoms with Gasteiger partial charge in [-0.15, -0.1) is 0 Å². The molecule has 1 fully saturated rings. The fraction of sp³-hybridized carbons (Fsp3) is 0.429. The Labute approximate surface area is 111 Å². The van der Waals surface area contributed by atoms with E-state index in [2.05, 4.69) is 5.32 Å². The minimum Gasteiger partial charge on any atom is -0.352 e. The lowest BCUT2D eigenvalue weighted by Crippen LogP contribution is -2.65. The van der Waals surface area contributed by atoms with Gasteiger partial charge in [-0.05, 0) is 32.0 Å². The molecule has 2 rings (SSSR count). The van der Waals surface area contributed by atoms with Crippen LogP contribution in [0.4, 0.5) is 10.1 Å². The van der Waals surface area contributed by atoms with E-state index in [1.54, 1.807) is 12.1 Å². The van der Waals surface area contributed by atoms with E-state index in [1.165, 1.54) is 12.1 Å². The van der Waals surface area contributed by atoms with Crippen LogP contribution in [-0.2, 0) is 4.79 Å². The summed E-state index contributed by atoms with van der Waals surface area (Å²) in [6.45, 7) is 4.38. The lowest BCUT2D eigenvalue weighted by molar-refractivity contribution is -0.124. The van der Waals surface area contributed by atoms with E-state index in [0.29, 0.717) is 12.2 Å². The topological polar surface area (TPSA) is 56.1 Å². The van der Waals surface area contributed by atoms with E-state index in [-0.39, 0.29) is 23.7 Å². The summed E-state index contributed by atoms with van der Waals surface area (Å²) < 4.78 is 13.4. The van der Waals surface area contributed by atoms with Crippen LogP contribution in [-0.4, -0.2) is 24.0 Å². The summed E-state index contributed by atoms with van der Waals surface area (Å²) in [5, 5.41) is 11.7. The molecule has 1 amide bonds. The maximum atomic E-state index is 13.4. The molecule has 0 bridgehead atoms. The van der Waals surface area contributed by atoms with Crippen molar-refractivity contribution in [2.24, 2.45) is 0 Å². The van der Waals surface area contributed by atoms with Gasteiger partial charge in [0.05, 0.1) is 18.0 Å². The number of benzene rings is 1. The van der Waals surface area contributed by atoms with Crippen LogP contribution in [0.5, 0.6) is 0 Å². The first-order chi connectivity index (χ1) is 8.95. The Morgan fingerprint density at radius 1 is 1.58 bits per heavy atom. The van der Waals surface area contributed by atoms with E-state index in [9.17, 15) is 9.18 Å². The van der Waals surface area contributed by atoms with Crippen LogP contribution in [0.25, 0.3) is 0 Å². The van der Waals surface area contributed by atoms with Crippen LogP contribution in [0.2, 0.25) is 0 Å². The van der Waals surface area contributed by atoms with Crippen LogP contribution in [0.3, 0.4) is 0 Å². The predicted octanol–water partition coefficient (Wildman–Crippen LogP) is 1.82. The van der Waals surface area contributed by atoms with Crippen molar-refractivity contribution in [1.82, 2.24) is 5.32 Å². The van der Waals surface area contributed by atoms with Gasteiger partial charge in [0.2, 0.25) is 5.91 Å². The molecule has 0 aliphatic carbocycles. The first-order valence-corrected chi connectivity index (χ1v) is 6.15. The van der Waals surface area contributed by atoms with Gasteiger partial charge in [0, 0.05) is 12.2 Å². The van der Waals surface area contributed by atoms with E-state index >= 15 is 0 Å². The number of hydrogen-bond donors (Lipinski definition) is 1. The van der Waals surface area contributed by atoms with Gasteiger partial charge in [0.25, 0.3) is 0 Å².